The maximum atomic E-state index is 4.47. The summed E-state index contributed by atoms with van der Waals surface area (Å²) >= 11 is 3.59. The lowest BCUT2D eigenvalue weighted by atomic mass is 10.3. The summed E-state index contributed by atoms with van der Waals surface area (Å²) in [4.78, 5) is 0. The summed E-state index contributed by atoms with van der Waals surface area (Å²) in [6.07, 6.45) is 1.76. The lowest BCUT2D eigenvalue weighted by Crippen LogP contribution is -2.19. The van der Waals surface area contributed by atoms with Crippen LogP contribution in [-0.2, 0) is 26.2 Å². The van der Waals surface area contributed by atoms with Crippen molar-refractivity contribution >= 4 is 15.9 Å². The molecule has 0 bridgehead atoms. The third kappa shape index (κ3) is 3.03. The highest BCUT2D eigenvalue weighted by Crippen LogP contribution is 2.20. The summed E-state index contributed by atoms with van der Waals surface area (Å²) in [5.41, 5.74) is 2.19. The van der Waals surface area contributed by atoms with Crippen LogP contribution >= 0.6 is 15.9 Å². The van der Waals surface area contributed by atoms with Crippen molar-refractivity contribution in [2.75, 3.05) is 0 Å². The van der Waals surface area contributed by atoms with Gasteiger partial charge in [0.15, 0.2) is 0 Å². The van der Waals surface area contributed by atoms with E-state index in [-0.39, 0.29) is 0 Å². The molecule has 0 aromatic carbocycles. The Morgan fingerprint density at radius 1 is 1.26 bits per heavy atom. The van der Waals surface area contributed by atoms with Gasteiger partial charge in [-0.05, 0) is 36.7 Å². The highest BCUT2D eigenvalue weighted by molar-refractivity contribution is 9.10. The molecule has 0 atom stereocenters. The van der Waals surface area contributed by atoms with Crippen molar-refractivity contribution in [3.8, 4) is 0 Å². The molecule has 0 fully saturated rings. The lowest BCUT2D eigenvalue weighted by molar-refractivity contribution is 0.559. The molecule has 6 nitrogen and oxygen atoms in total. The van der Waals surface area contributed by atoms with Gasteiger partial charge in [-0.2, -0.15) is 5.10 Å². The molecule has 2 rings (SSSR count). The fourth-order valence-corrected chi connectivity index (χ4v) is 2.43. The van der Waals surface area contributed by atoms with E-state index in [9.17, 15) is 0 Å². The molecule has 0 spiro atoms. The molecule has 2 heterocycles. The summed E-state index contributed by atoms with van der Waals surface area (Å²) in [6.45, 7) is 9.40. The highest BCUT2D eigenvalue weighted by atomic mass is 79.9. The van der Waals surface area contributed by atoms with Crippen LogP contribution in [0, 0.1) is 6.92 Å². The van der Waals surface area contributed by atoms with Crippen LogP contribution in [-0.4, -0.2) is 24.5 Å². The maximum Gasteiger partial charge on any atom is 0.146 e. The van der Waals surface area contributed by atoms with Gasteiger partial charge in [0.1, 0.15) is 12.2 Å². The second-order valence-corrected chi connectivity index (χ2v) is 5.09. The van der Waals surface area contributed by atoms with E-state index >= 15 is 0 Å². The van der Waals surface area contributed by atoms with Crippen LogP contribution in [0.15, 0.2) is 10.8 Å². The normalized spacial score (nSPS) is 11.2. The van der Waals surface area contributed by atoms with Gasteiger partial charge in [0.25, 0.3) is 0 Å². The third-order valence-electron chi connectivity index (χ3n) is 3.06. The molecule has 0 aliphatic rings. The molecular weight excluding hydrogens is 308 g/mol. The summed E-state index contributed by atoms with van der Waals surface area (Å²) in [6, 6.07) is 0. The largest absolute Gasteiger partial charge is 0.317 e. The smallest absolute Gasteiger partial charge is 0.146 e. The van der Waals surface area contributed by atoms with Crippen molar-refractivity contribution in [3.05, 3.63) is 28.0 Å². The van der Waals surface area contributed by atoms with Gasteiger partial charge < -0.3 is 9.88 Å². The summed E-state index contributed by atoms with van der Waals surface area (Å²) in [7, 11) is 0. The molecule has 0 saturated heterocycles. The van der Waals surface area contributed by atoms with E-state index in [4.69, 9.17) is 0 Å². The first-order chi connectivity index (χ1) is 9.17. The minimum atomic E-state index is 0.703. The van der Waals surface area contributed by atoms with E-state index in [1.807, 2.05) is 16.2 Å². The van der Waals surface area contributed by atoms with Gasteiger partial charge in [0, 0.05) is 19.6 Å². The predicted octanol–water partition coefficient (Wildman–Crippen LogP) is 1.88. The SMILES string of the molecule is CCn1cnnc1CNCc1c(Br)c(C)nn1CC. The van der Waals surface area contributed by atoms with E-state index in [0.717, 1.165) is 35.6 Å². The van der Waals surface area contributed by atoms with Gasteiger partial charge in [-0.3, -0.25) is 4.68 Å². The molecule has 7 heteroatoms. The summed E-state index contributed by atoms with van der Waals surface area (Å²) in [5.74, 6) is 0.956. The number of hydrogen-bond acceptors (Lipinski definition) is 4. The molecule has 2 aromatic heterocycles. The lowest BCUT2D eigenvalue weighted by Gasteiger charge is -2.08. The predicted molar refractivity (Wildman–Crippen MR) is 76.6 cm³/mol. The van der Waals surface area contributed by atoms with Crippen molar-refractivity contribution in [1.29, 1.82) is 0 Å². The Kier molecular flexibility index (Phi) is 4.71. The Labute approximate surface area is 121 Å². The number of nitrogens with zero attached hydrogens (tertiary/aromatic N) is 5. The van der Waals surface area contributed by atoms with E-state index in [2.05, 4.69) is 50.4 Å². The van der Waals surface area contributed by atoms with Gasteiger partial charge in [0.2, 0.25) is 0 Å². The number of halogens is 1. The monoisotopic (exact) mass is 326 g/mol. The van der Waals surface area contributed by atoms with Gasteiger partial charge in [0.05, 0.1) is 22.4 Å². The minimum Gasteiger partial charge on any atom is -0.317 e. The van der Waals surface area contributed by atoms with E-state index < -0.39 is 0 Å². The second-order valence-electron chi connectivity index (χ2n) is 4.30. The van der Waals surface area contributed by atoms with Crippen LogP contribution in [0.2, 0.25) is 0 Å². The zero-order chi connectivity index (χ0) is 13.8. The number of aromatic nitrogens is 5. The van der Waals surface area contributed by atoms with E-state index in [1.165, 1.54) is 5.69 Å². The Morgan fingerprint density at radius 2 is 2.05 bits per heavy atom. The summed E-state index contributed by atoms with van der Waals surface area (Å²) in [5, 5.41) is 15.9. The molecule has 0 aliphatic heterocycles. The molecule has 0 aliphatic carbocycles. The Hall–Kier alpha value is -1.21. The molecule has 0 saturated carbocycles. The average molecular weight is 327 g/mol. The number of aryl methyl sites for hydroxylation is 3. The molecule has 104 valence electrons. The van der Waals surface area contributed by atoms with Crippen molar-refractivity contribution in [2.45, 2.75) is 47.0 Å². The summed E-state index contributed by atoms with van der Waals surface area (Å²) < 4.78 is 5.13. The first-order valence-corrected chi connectivity index (χ1v) is 7.25. The van der Waals surface area contributed by atoms with Crippen LogP contribution in [0.25, 0.3) is 0 Å². The van der Waals surface area contributed by atoms with Gasteiger partial charge in [-0.1, -0.05) is 0 Å². The number of nitrogens with one attached hydrogen (secondary N) is 1. The van der Waals surface area contributed by atoms with Crippen LogP contribution in [0.5, 0.6) is 0 Å². The molecule has 1 N–H and O–H groups in total. The molecule has 19 heavy (non-hydrogen) atoms. The third-order valence-corrected chi connectivity index (χ3v) is 4.10. The molecule has 2 aromatic rings. The fourth-order valence-electron chi connectivity index (χ4n) is 2.01. The quantitative estimate of drug-likeness (QED) is 0.880. The Bertz CT molecular complexity index is 544. The molecule has 0 radical (unpaired) electrons. The van der Waals surface area contributed by atoms with Crippen LogP contribution in [0.1, 0.15) is 31.1 Å². The Balaban J connectivity index is 2.00. The van der Waals surface area contributed by atoms with Crippen molar-refractivity contribution in [1.82, 2.24) is 29.9 Å². The van der Waals surface area contributed by atoms with E-state index in [0.29, 0.717) is 6.54 Å². The minimum absolute atomic E-state index is 0.703. The highest BCUT2D eigenvalue weighted by Gasteiger charge is 2.11. The van der Waals surface area contributed by atoms with Crippen molar-refractivity contribution in [3.63, 3.8) is 0 Å². The second kappa shape index (κ2) is 6.29. The number of hydrogen-bond donors (Lipinski definition) is 1. The van der Waals surface area contributed by atoms with Crippen LogP contribution < -0.4 is 5.32 Å². The average Bonchev–Trinajstić information content (AvgIpc) is 2.97. The zero-order valence-corrected chi connectivity index (χ0v) is 13.1. The number of rotatable bonds is 6. The van der Waals surface area contributed by atoms with Gasteiger partial charge in [-0.15, -0.1) is 10.2 Å². The van der Waals surface area contributed by atoms with Crippen LogP contribution in [0.4, 0.5) is 0 Å². The topological polar surface area (TPSA) is 60.6 Å². The van der Waals surface area contributed by atoms with Crippen LogP contribution in [0.3, 0.4) is 0 Å². The first-order valence-electron chi connectivity index (χ1n) is 6.46. The van der Waals surface area contributed by atoms with Gasteiger partial charge >= 0.3 is 0 Å². The molecular formula is C12H19BrN6. The van der Waals surface area contributed by atoms with Crippen molar-refractivity contribution < 1.29 is 0 Å². The van der Waals surface area contributed by atoms with E-state index in [1.54, 1.807) is 6.33 Å². The zero-order valence-electron chi connectivity index (χ0n) is 11.5. The molecule has 0 unspecified atom stereocenters. The van der Waals surface area contributed by atoms with Crippen molar-refractivity contribution in [2.24, 2.45) is 0 Å². The fraction of sp³-hybridized carbons (Fsp3) is 0.583. The maximum absolute atomic E-state index is 4.47. The standard InChI is InChI=1S/C12H19BrN6/c1-4-18-8-15-16-11(18)7-14-6-10-12(13)9(3)17-19(10)5-2/h8,14H,4-7H2,1-3H3. The molecule has 0 amide bonds. The van der Waals surface area contributed by atoms with Gasteiger partial charge in [-0.25, -0.2) is 0 Å². The Morgan fingerprint density at radius 3 is 2.74 bits per heavy atom. The first kappa shape index (κ1) is 14.2.